The molecule has 1 aromatic heterocycles. The van der Waals surface area contributed by atoms with Crippen molar-refractivity contribution in [1.82, 2.24) is 0 Å². The quantitative estimate of drug-likeness (QED) is 0.540. The minimum atomic E-state index is 0.826. The summed E-state index contributed by atoms with van der Waals surface area (Å²) in [6, 6.07) is 0. The number of hydrogen-bond acceptors (Lipinski definition) is 2. The highest BCUT2D eigenvalue weighted by atomic mass is 32.1. The molecular weight excluding hydrogens is 194 g/mol. The van der Waals surface area contributed by atoms with E-state index in [9.17, 15) is 0 Å². The number of quaternary nitrogens is 1. The zero-order chi connectivity index (χ0) is 10.6. The first-order valence-electron chi connectivity index (χ1n) is 4.95. The Balaban J connectivity index is 2.20. The monoisotopic (exact) mass is 214 g/mol. The molecule has 0 saturated carbocycles. The van der Waals surface area contributed by atoms with Gasteiger partial charge in [-0.1, -0.05) is 0 Å². The zero-order valence-electron chi connectivity index (χ0n) is 9.54. The van der Waals surface area contributed by atoms with Gasteiger partial charge in [0.05, 0.1) is 34.3 Å². The maximum atomic E-state index is 5.67. The maximum absolute atomic E-state index is 5.67. The van der Waals surface area contributed by atoms with Crippen molar-refractivity contribution in [1.29, 1.82) is 0 Å². The third-order valence-corrected chi connectivity index (χ3v) is 2.88. The average molecular weight is 214 g/mol. The number of rotatable bonds is 5. The molecule has 0 unspecified atom stereocenters. The molecule has 80 valence electrons. The molecule has 0 bridgehead atoms. The van der Waals surface area contributed by atoms with Gasteiger partial charge >= 0.3 is 0 Å². The lowest BCUT2D eigenvalue weighted by atomic mass is 10.3. The maximum Gasteiger partial charge on any atom is 0.132 e. The number of nitrogens with zero attached hydrogens (tertiary/aromatic N) is 1. The molecule has 1 heterocycles. The molecule has 0 N–H and O–H groups in total. The van der Waals surface area contributed by atoms with E-state index < -0.39 is 0 Å². The van der Waals surface area contributed by atoms with E-state index in [1.165, 1.54) is 5.56 Å². The standard InChI is InChI=1S/C11H20NOS/c1-10-8-14-9-11(10)13-7-5-6-12(2,3)4/h8-9H,5-7H2,1-4H3/q+1. The summed E-state index contributed by atoms with van der Waals surface area (Å²) in [5.74, 6) is 1.05. The summed E-state index contributed by atoms with van der Waals surface area (Å²) in [5.41, 5.74) is 1.25. The Kier molecular flexibility index (Phi) is 3.96. The largest absolute Gasteiger partial charge is 0.492 e. The Morgan fingerprint density at radius 2 is 2.00 bits per heavy atom. The minimum absolute atomic E-state index is 0.826. The van der Waals surface area contributed by atoms with E-state index in [0.717, 1.165) is 29.8 Å². The van der Waals surface area contributed by atoms with Crippen LogP contribution in [0.15, 0.2) is 10.8 Å². The molecule has 1 aromatic rings. The summed E-state index contributed by atoms with van der Waals surface area (Å²) in [7, 11) is 6.61. The highest BCUT2D eigenvalue weighted by Crippen LogP contribution is 2.22. The van der Waals surface area contributed by atoms with Gasteiger partial charge in [-0.05, 0) is 12.3 Å². The second kappa shape index (κ2) is 4.80. The fraction of sp³-hybridized carbons (Fsp3) is 0.636. The first-order chi connectivity index (χ1) is 6.49. The van der Waals surface area contributed by atoms with Crippen molar-refractivity contribution >= 4 is 11.3 Å². The molecule has 3 heteroatoms. The van der Waals surface area contributed by atoms with Gasteiger partial charge in [0, 0.05) is 17.4 Å². The number of ether oxygens (including phenoxy) is 1. The smallest absolute Gasteiger partial charge is 0.132 e. The Bertz CT molecular complexity index is 275. The summed E-state index contributed by atoms with van der Waals surface area (Å²) in [5, 5.41) is 4.19. The van der Waals surface area contributed by atoms with Gasteiger partial charge in [0.25, 0.3) is 0 Å². The summed E-state index contributed by atoms with van der Waals surface area (Å²) < 4.78 is 6.68. The third-order valence-electron chi connectivity index (χ3n) is 2.04. The Morgan fingerprint density at radius 3 is 2.50 bits per heavy atom. The fourth-order valence-corrected chi connectivity index (χ4v) is 1.98. The number of aryl methyl sites for hydroxylation is 1. The van der Waals surface area contributed by atoms with Crippen molar-refractivity contribution in [2.24, 2.45) is 0 Å². The Labute approximate surface area is 90.7 Å². The average Bonchev–Trinajstić information content (AvgIpc) is 2.44. The third kappa shape index (κ3) is 4.11. The summed E-state index contributed by atoms with van der Waals surface area (Å²) in [4.78, 5) is 0. The number of hydrogen-bond donors (Lipinski definition) is 0. The van der Waals surface area contributed by atoms with Gasteiger partial charge in [-0.2, -0.15) is 0 Å². The van der Waals surface area contributed by atoms with E-state index in [-0.39, 0.29) is 0 Å². The molecule has 2 nitrogen and oxygen atoms in total. The van der Waals surface area contributed by atoms with E-state index in [0.29, 0.717) is 0 Å². The molecule has 0 atom stereocenters. The summed E-state index contributed by atoms with van der Waals surface area (Å²) >= 11 is 1.70. The predicted octanol–water partition coefficient (Wildman–Crippen LogP) is 2.53. The molecule has 0 aliphatic rings. The highest BCUT2D eigenvalue weighted by molar-refractivity contribution is 7.08. The Hall–Kier alpha value is -0.540. The van der Waals surface area contributed by atoms with Crippen LogP contribution >= 0.6 is 11.3 Å². The SMILES string of the molecule is Cc1cscc1OCCC[N+](C)(C)C. The predicted molar refractivity (Wildman–Crippen MR) is 62.1 cm³/mol. The van der Waals surface area contributed by atoms with Crippen molar-refractivity contribution in [3.05, 3.63) is 16.3 Å². The van der Waals surface area contributed by atoms with Crippen LogP contribution in [0.25, 0.3) is 0 Å². The lowest BCUT2D eigenvalue weighted by Crippen LogP contribution is -2.35. The Morgan fingerprint density at radius 1 is 1.29 bits per heavy atom. The molecule has 0 aliphatic carbocycles. The molecule has 0 aromatic carbocycles. The molecule has 0 aliphatic heterocycles. The van der Waals surface area contributed by atoms with E-state index >= 15 is 0 Å². The lowest BCUT2D eigenvalue weighted by molar-refractivity contribution is -0.870. The van der Waals surface area contributed by atoms with Crippen molar-refractivity contribution < 1.29 is 9.22 Å². The molecule has 0 amide bonds. The van der Waals surface area contributed by atoms with Crippen LogP contribution < -0.4 is 4.74 Å². The number of thiophene rings is 1. The highest BCUT2D eigenvalue weighted by Gasteiger charge is 2.06. The zero-order valence-corrected chi connectivity index (χ0v) is 10.4. The van der Waals surface area contributed by atoms with E-state index in [4.69, 9.17) is 4.74 Å². The van der Waals surface area contributed by atoms with Crippen molar-refractivity contribution in [2.45, 2.75) is 13.3 Å². The van der Waals surface area contributed by atoms with Crippen molar-refractivity contribution in [2.75, 3.05) is 34.3 Å². The first kappa shape index (κ1) is 11.5. The molecule has 0 radical (unpaired) electrons. The van der Waals surface area contributed by atoms with Crippen molar-refractivity contribution in [3.8, 4) is 5.75 Å². The van der Waals surface area contributed by atoms with Gasteiger partial charge < -0.3 is 9.22 Å². The fourth-order valence-electron chi connectivity index (χ4n) is 1.22. The van der Waals surface area contributed by atoms with Gasteiger partial charge in [-0.25, -0.2) is 0 Å². The summed E-state index contributed by atoms with van der Waals surface area (Å²) in [6.45, 7) is 4.07. The van der Waals surface area contributed by atoms with Crippen LogP contribution in [0.5, 0.6) is 5.75 Å². The molecule has 0 spiro atoms. The second-order valence-corrected chi connectivity index (χ2v) is 5.38. The van der Waals surface area contributed by atoms with Gasteiger partial charge in [0.1, 0.15) is 5.75 Å². The summed E-state index contributed by atoms with van der Waals surface area (Å²) in [6.07, 6.45) is 1.11. The lowest BCUT2D eigenvalue weighted by Gasteiger charge is -2.23. The normalized spacial score (nSPS) is 11.7. The molecule has 1 rings (SSSR count). The van der Waals surface area contributed by atoms with Crippen molar-refractivity contribution in [3.63, 3.8) is 0 Å². The van der Waals surface area contributed by atoms with Crippen LogP contribution in [0, 0.1) is 6.92 Å². The van der Waals surface area contributed by atoms with E-state index in [2.05, 4.69) is 38.8 Å². The van der Waals surface area contributed by atoms with Gasteiger partial charge in [0.2, 0.25) is 0 Å². The van der Waals surface area contributed by atoms with Crippen LogP contribution in [-0.2, 0) is 0 Å². The van der Waals surface area contributed by atoms with Crippen LogP contribution in [0.4, 0.5) is 0 Å². The first-order valence-corrected chi connectivity index (χ1v) is 5.89. The van der Waals surface area contributed by atoms with Gasteiger partial charge in [-0.3, -0.25) is 0 Å². The van der Waals surface area contributed by atoms with Crippen LogP contribution in [-0.4, -0.2) is 38.8 Å². The van der Waals surface area contributed by atoms with E-state index in [1.54, 1.807) is 11.3 Å². The van der Waals surface area contributed by atoms with Gasteiger partial charge in [-0.15, -0.1) is 11.3 Å². The van der Waals surface area contributed by atoms with Gasteiger partial charge in [0.15, 0.2) is 0 Å². The molecule has 0 fully saturated rings. The minimum Gasteiger partial charge on any atom is -0.492 e. The topological polar surface area (TPSA) is 9.23 Å². The van der Waals surface area contributed by atoms with E-state index in [1.807, 2.05) is 0 Å². The molecule has 14 heavy (non-hydrogen) atoms. The molecule has 0 saturated heterocycles. The van der Waals surface area contributed by atoms with Crippen LogP contribution in [0.3, 0.4) is 0 Å². The second-order valence-electron chi connectivity index (χ2n) is 4.63. The van der Waals surface area contributed by atoms with Crippen LogP contribution in [0.1, 0.15) is 12.0 Å². The van der Waals surface area contributed by atoms with Crippen LogP contribution in [0.2, 0.25) is 0 Å². The molecular formula is C11H20NOS+.